The lowest BCUT2D eigenvalue weighted by atomic mass is 10.2. The van der Waals surface area contributed by atoms with Gasteiger partial charge in [-0.2, -0.15) is 0 Å². The molecule has 2 aromatic rings. The maximum atomic E-state index is 12.7. The van der Waals surface area contributed by atoms with Gasteiger partial charge in [0.1, 0.15) is 4.32 Å². The van der Waals surface area contributed by atoms with Gasteiger partial charge in [-0.05, 0) is 61.4 Å². The number of esters is 1. The molecule has 0 aromatic heterocycles. The third-order valence-corrected chi connectivity index (χ3v) is 6.14. The number of anilines is 1. The number of thioether (sulfide) groups is 1. The standard InChI is InChI=1S/C23H21ClN2O4S2/c1-2-30-22(29)16-7-11-18(12-8-16)25-20(27)4-3-13-26-21(28)19(32-23(26)31)14-15-5-9-17(24)10-6-15/h5-12,14H,2-4,13H2,1H3,(H,25,27). The van der Waals surface area contributed by atoms with Crippen molar-refractivity contribution in [2.45, 2.75) is 19.8 Å². The molecule has 6 nitrogen and oxygen atoms in total. The predicted octanol–water partition coefficient (Wildman–Crippen LogP) is 5.14. The molecule has 0 atom stereocenters. The Morgan fingerprint density at radius 2 is 1.84 bits per heavy atom. The lowest BCUT2D eigenvalue weighted by molar-refractivity contribution is -0.122. The summed E-state index contributed by atoms with van der Waals surface area (Å²) in [5, 5.41) is 3.41. The van der Waals surface area contributed by atoms with E-state index in [1.54, 1.807) is 49.4 Å². The summed E-state index contributed by atoms with van der Waals surface area (Å²) >= 11 is 12.5. The van der Waals surface area contributed by atoms with Gasteiger partial charge in [0.05, 0.1) is 17.1 Å². The summed E-state index contributed by atoms with van der Waals surface area (Å²) in [4.78, 5) is 38.6. The number of nitrogens with zero attached hydrogens (tertiary/aromatic N) is 1. The second-order valence-corrected chi connectivity index (χ2v) is 8.95. The first-order chi connectivity index (χ1) is 15.4. The Morgan fingerprint density at radius 1 is 1.16 bits per heavy atom. The number of benzene rings is 2. The first-order valence-corrected chi connectivity index (χ1v) is 11.6. The number of hydrogen-bond donors (Lipinski definition) is 1. The van der Waals surface area contributed by atoms with Gasteiger partial charge in [0.25, 0.3) is 5.91 Å². The number of ether oxygens (including phenoxy) is 1. The number of thiocarbonyl (C=S) groups is 1. The molecule has 0 aliphatic carbocycles. The summed E-state index contributed by atoms with van der Waals surface area (Å²) in [7, 11) is 0. The molecule has 1 N–H and O–H groups in total. The summed E-state index contributed by atoms with van der Waals surface area (Å²) in [6.07, 6.45) is 2.47. The van der Waals surface area contributed by atoms with Crippen molar-refractivity contribution in [1.82, 2.24) is 4.90 Å². The lowest BCUT2D eigenvalue weighted by Crippen LogP contribution is -2.29. The van der Waals surface area contributed by atoms with Crippen molar-refractivity contribution in [3.05, 3.63) is 69.6 Å². The number of hydrogen-bond acceptors (Lipinski definition) is 6. The van der Waals surface area contributed by atoms with Crippen LogP contribution in [-0.4, -0.2) is 40.2 Å². The van der Waals surface area contributed by atoms with Crippen molar-refractivity contribution in [2.75, 3.05) is 18.5 Å². The number of rotatable bonds is 8. The molecule has 0 unspecified atom stereocenters. The molecule has 1 aliphatic rings. The molecule has 0 spiro atoms. The van der Waals surface area contributed by atoms with E-state index in [-0.39, 0.29) is 18.2 Å². The van der Waals surface area contributed by atoms with E-state index in [4.69, 9.17) is 28.6 Å². The minimum Gasteiger partial charge on any atom is -0.462 e. The van der Waals surface area contributed by atoms with Crippen LogP contribution in [0.2, 0.25) is 5.02 Å². The Balaban J connectivity index is 1.48. The van der Waals surface area contributed by atoms with Crippen molar-refractivity contribution < 1.29 is 19.1 Å². The van der Waals surface area contributed by atoms with Crippen LogP contribution in [0.5, 0.6) is 0 Å². The Morgan fingerprint density at radius 3 is 2.50 bits per heavy atom. The average molecular weight is 489 g/mol. The van der Waals surface area contributed by atoms with Crippen molar-refractivity contribution in [2.24, 2.45) is 0 Å². The highest BCUT2D eigenvalue weighted by molar-refractivity contribution is 8.26. The minimum absolute atomic E-state index is 0.162. The Bertz CT molecular complexity index is 1050. The summed E-state index contributed by atoms with van der Waals surface area (Å²) in [5.74, 6) is -0.750. The van der Waals surface area contributed by atoms with E-state index in [0.29, 0.717) is 45.1 Å². The van der Waals surface area contributed by atoms with Crippen LogP contribution < -0.4 is 5.32 Å². The van der Waals surface area contributed by atoms with Gasteiger partial charge < -0.3 is 10.1 Å². The maximum Gasteiger partial charge on any atom is 0.338 e. The normalized spacial score (nSPS) is 14.7. The van der Waals surface area contributed by atoms with Crippen LogP contribution in [0.1, 0.15) is 35.7 Å². The third kappa shape index (κ3) is 6.41. The average Bonchev–Trinajstić information content (AvgIpc) is 3.03. The molecule has 1 aliphatic heterocycles. The van der Waals surface area contributed by atoms with Gasteiger partial charge >= 0.3 is 5.97 Å². The van der Waals surface area contributed by atoms with E-state index < -0.39 is 5.97 Å². The summed E-state index contributed by atoms with van der Waals surface area (Å²) < 4.78 is 5.41. The molecule has 1 saturated heterocycles. The fraction of sp³-hybridized carbons (Fsp3) is 0.217. The first kappa shape index (κ1) is 24.0. The molecule has 2 aromatic carbocycles. The van der Waals surface area contributed by atoms with Crippen molar-refractivity contribution in [1.29, 1.82) is 0 Å². The number of amides is 2. The highest BCUT2D eigenvalue weighted by Gasteiger charge is 2.31. The monoisotopic (exact) mass is 488 g/mol. The number of carbonyl (C=O) groups excluding carboxylic acids is 3. The molecular formula is C23H21ClN2O4S2. The number of carbonyl (C=O) groups is 3. The summed E-state index contributed by atoms with van der Waals surface area (Å²) in [6.45, 7) is 2.40. The van der Waals surface area contributed by atoms with Crippen LogP contribution in [0.3, 0.4) is 0 Å². The van der Waals surface area contributed by atoms with Crippen LogP contribution in [-0.2, 0) is 14.3 Å². The summed E-state index contributed by atoms with van der Waals surface area (Å²) in [6, 6.07) is 13.7. The molecular weight excluding hydrogens is 468 g/mol. The molecule has 1 heterocycles. The van der Waals surface area contributed by atoms with Crippen molar-refractivity contribution >= 4 is 69.4 Å². The second-order valence-electron chi connectivity index (χ2n) is 6.83. The van der Waals surface area contributed by atoms with Gasteiger partial charge in [-0.15, -0.1) is 0 Å². The zero-order valence-electron chi connectivity index (χ0n) is 17.3. The SMILES string of the molecule is CCOC(=O)c1ccc(NC(=O)CCCN2C(=O)C(=Cc3ccc(Cl)cc3)SC2=S)cc1. The highest BCUT2D eigenvalue weighted by atomic mass is 35.5. The Labute approximate surface area is 201 Å². The zero-order valence-corrected chi connectivity index (χ0v) is 19.7. The first-order valence-electron chi connectivity index (χ1n) is 9.95. The van der Waals surface area contributed by atoms with Gasteiger partial charge in [-0.3, -0.25) is 14.5 Å². The number of halogens is 1. The highest BCUT2D eigenvalue weighted by Crippen LogP contribution is 2.32. The lowest BCUT2D eigenvalue weighted by Gasteiger charge is -2.14. The van der Waals surface area contributed by atoms with Crippen LogP contribution in [0, 0.1) is 0 Å². The van der Waals surface area contributed by atoms with E-state index in [1.807, 2.05) is 12.1 Å². The van der Waals surface area contributed by atoms with Crippen molar-refractivity contribution in [3.8, 4) is 0 Å². The smallest absolute Gasteiger partial charge is 0.338 e. The van der Waals surface area contributed by atoms with Gasteiger partial charge in [-0.25, -0.2) is 4.79 Å². The van der Waals surface area contributed by atoms with Crippen LogP contribution >= 0.6 is 35.6 Å². The molecule has 3 rings (SSSR count). The Hall–Kier alpha value is -2.68. The molecule has 0 saturated carbocycles. The fourth-order valence-corrected chi connectivity index (χ4v) is 4.36. The Kier molecular flexibility index (Phi) is 8.44. The summed E-state index contributed by atoms with van der Waals surface area (Å²) in [5.41, 5.74) is 1.87. The van der Waals surface area contributed by atoms with E-state index in [9.17, 15) is 14.4 Å². The third-order valence-electron chi connectivity index (χ3n) is 4.51. The van der Waals surface area contributed by atoms with E-state index in [1.165, 1.54) is 16.7 Å². The molecule has 1 fully saturated rings. The zero-order chi connectivity index (χ0) is 23.1. The topological polar surface area (TPSA) is 75.7 Å². The van der Waals surface area contributed by atoms with Crippen molar-refractivity contribution in [3.63, 3.8) is 0 Å². The van der Waals surface area contributed by atoms with E-state index in [2.05, 4.69) is 5.32 Å². The molecule has 166 valence electrons. The molecule has 0 bridgehead atoms. The van der Waals surface area contributed by atoms with Crippen LogP contribution in [0.15, 0.2) is 53.4 Å². The molecule has 32 heavy (non-hydrogen) atoms. The molecule has 0 radical (unpaired) electrons. The van der Waals surface area contributed by atoms with E-state index >= 15 is 0 Å². The van der Waals surface area contributed by atoms with Crippen LogP contribution in [0.25, 0.3) is 6.08 Å². The molecule has 2 amide bonds. The number of nitrogens with one attached hydrogen (secondary N) is 1. The van der Waals surface area contributed by atoms with Crippen LogP contribution in [0.4, 0.5) is 5.69 Å². The predicted molar refractivity (Wildman–Crippen MR) is 132 cm³/mol. The fourth-order valence-electron chi connectivity index (χ4n) is 2.93. The van der Waals surface area contributed by atoms with Gasteiger partial charge in [0.2, 0.25) is 5.91 Å². The minimum atomic E-state index is -0.404. The van der Waals surface area contributed by atoms with E-state index in [0.717, 1.165) is 5.56 Å². The van der Waals surface area contributed by atoms with Gasteiger partial charge in [-0.1, -0.05) is 47.7 Å². The quantitative estimate of drug-likeness (QED) is 0.315. The van der Waals surface area contributed by atoms with Gasteiger partial charge in [0, 0.05) is 23.7 Å². The largest absolute Gasteiger partial charge is 0.462 e. The molecule has 9 heteroatoms. The van der Waals surface area contributed by atoms with Gasteiger partial charge in [0.15, 0.2) is 0 Å². The maximum absolute atomic E-state index is 12.7. The second kappa shape index (κ2) is 11.3.